The fourth-order valence-corrected chi connectivity index (χ4v) is 12.3. The van der Waals surface area contributed by atoms with E-state index in [1.807, 2.05) is 0 Å². The summed E-state index contributed by atoms with van der Waals surface area (Å²) in [5.41, 5.74) is -6.74. The second-order valence-corrected chi connectivity index (χ2v) is 21.7. The number of hydrogen-bond acceptors (Lipinski definition) is 17. The molecule has 0 unspecified atom stereocenters. The maximum absolute atomic E-state index is 16.3. The van der Waals surface area contributed by atoms with Gasteiger partial charge in [0.1, 0.15) is 41.5 Å². The van der Waals surface area contributed by atoms with Crippen LogP contribution in [0.4, 0.5) is 0 Å². The van der Waals surface area contributed by atoms with Gasteiger partial charge in [0.05, 0.1) is 56.7 Å². The van der Waals surface area contributed by atoms with Crippen LogP contribution in [0.2, 0.25) is 0 Å². The molecule has 1 aliphatic heterocycles. The first-order valence-electron chi connectivity index (χ1n) is 26.6. The van der Waals surface area contributed by atoms with Gasteiger partial charge in [0.15, 0.2) is 17.5 Å². The molecule has 3 fully saturated rings. The van der Waals surface area contributed by atoms with Gasteiger partial charge in [-0.15, -0.1) is 0 Å². The van der Waals surface area contributed by atoms with Crippen LogP contribution in [-0.2, 0) is 65.2 Å². The summed E-state index contributed by atoms with van der Waals surface area (Å²) in [6.07, 6.45) is -11.8. The SMILES string of the molecule is COc1ccc(CC(=O)O[C@H]2C(=O)[C@@]3(C)[C@H]([C@H](OC(=O)c4ccccc4)[C@]4(O)C[C@H](OC(=O)[C@H](OC(=O)Cc5ccc(OC)cc5)[C@@H](NC(=O)c5ccccc5)c5ccccc5)C(C)=C2C4(C)C)[C@]2(OC(C)=O)CO[C@@H]2C[C@@H]3O)cc1. The first kappa shape index (κ1) is 57.5. The van der Waals surface area contributed by atoms with Crippen LogP contribution >= 0.6 is 0 Å². The summed E-state index contributed by atoms with van der Waals surface area (Å²) in [5.74, 6) is -6.96. The number of nitrogens with one attached hydrogen (secondary N) is 1. The lowest BCUT2D eigenvalue weighted by Gasteiger charge is -2.67. The summed E-state index contributed by atoms with van der Waals surface area (Å²) in [7, 11) is 2.98. The summed E-state index contributed by atoms with van der Waals surface area (Å²) < 4.78 is 48.5. The first-order chi connectivity index (χ1) is 38.6. The number of ketones is 1. The number of Topliss-reactive ketones (excluding diaryl/α,β-unsaturated/α-hetero) is 1. The number of carbonyl (C=O) groups excluding carboxylic acids is 7. The molecule has 424 valence electrons. The van der Waals surface area contributed by atoms with Crippen molar-refractivity contribution in [3.05, 3.63) is 178 Å². The maximum Gasteiger partial charge on any atom is 0.350 e. The number of esters is 5. The average molecular weight is 1110 g/mol. The van der Waals surface area contributed by atoms with Crippen molar-refractivity contribution >= 4 is 41.5 Å². The second kappa shape index (κ2) is 23.1. The highest BCUT2D eigenvalue weighted by molar-refractivity contribution is 5.97. The normalized spacial score (nSPS) is 26.9. The number of rotatable bonds is 17. The molecule has 1 amide bonds. The van der Waals surface area contributed by atoms with Crippen LogP contribution in [0.5, 0.6) is 11.5 Å². The summed E-state index contributed by atoms with van der Waals surface area (Å²) in [6.45, 7) is 6.84. The minimum absolute atomic E-state index is 0.0353. The molecule has 9 rings (SSSR count). The zero-order chi connectivity index (χ0) is 58.0. The van der Waals surface area contributed by atoms with Crippen LogP contribution < -0.4 is 14.8 Å². The van der Waals surface area contributed by atoms with Crippen LogP contribution in [0.1, 0.15) is 90.9 Å². The summed E-state index contributed by atoms with van der Waals surface area (Å²) in [4.78, 5) is 103. The van der Waals surface area contributed by atoms with Gasteiger partial charge in [-0.3, -0.25) is 24.0 Å². The molecule has 1 heterocycles. The lowest BCUT2D eigenvalue weighted by molar-refractivity contribution is -0.346. The van der Waals surface area contributed by atoms with Crippen LogP contribution in [0.25, 0.3) is 0 Å². The van der Waals surface area contributed by atoms with E-state index in [-0.39, 0.29) is 48.1 Å². The van der Waals surface area contributed by atoms with Crippen molar-refractivity contribution < 1.29 is 81.7 Å². The highest BCUT2D eigenvalue weighted by Crippen LogP contribution is 2.64. The fourth-order valence-electron chi connectivity index (χ4n) is 12.3. The van der Waals surface area contributed by atoms with Gasteiger partial charge in [0, 0.05) is 30.7 Å². The largest absolute Gasteiger partial charge is 0.497 e. The molecule has 0 spiro atoms. The van der Waals surface area contributed by atoms with Gasteiger partial charge in [-0.2, -0.15) is 0 Å². The number of fused-ring (bicyclic) bond motifs is 5. The van der Waals surface area contributed by atoms with E-state index in [1.165, 1.54) is 40.2 Å². The van der Waals surface area contributed by atoms with Crippen LogP contribution in [0, 0.1) is 16.7 Å². The molecule has 5 aromatic rings. The van der Waals surface area contributed by atoms with E-state index < -0.39 is 119 Å². The summed E-state index contributed by atoms with van der Waals surface area (Å²) >= 11 is 0. The molecule has 4 aliphatic rings. The van der Waals surface area contributed by atoms with Gasteiger partial charge in [0.25, 0.3) is 5.91 Å². The lowest BCUT2D eigenvalue weighted by atomic mass is 9.44. The molecular formula is C63H65NO17. The Morgan fingerprint density at radius 2 is 1.26 bits per heavy atom. The first-order valence-corrected chi connectivity index (χ1v) is 26.6. The number of methoxy groups -OCH3 is 2. The molecule has 3 aliphatic carbocycles. The third kappa shape index (κ3) is 10.9. The minimum atomic E-state index is -2.52. The van der Waals surface area contributed by atoms with Crippen LogP contribution in [0.15, 0.2) is 151 Å². The molecule has 0 radical (unpaired) electrons. The number of ether oxygens (including phenoxy) is 8. The minimum Gasteiger partial charge on any atom is -0.497 e. The zero-order valence-electron chi connectivity index (χ0n) is 46.0. The number of amides is 1. The quantitative estimate of drug-likeness (QED) is 0.0494. The van der Waals surface area contributed by atoms with E-state index in [2.05, 4.69) is 5.32 Å². The van der Waals surface area contributed by atoms with Crippen molar-refractivity contribution in [2.24, 2.45) is 16.7 Å². The highest BCUT2D eigenvalue weighted by Gasteiger charge is 2.78. The predicted octanol–water partition coefficient (Wildman–Crippen LogP) is 6.77. The number of benzene rings is 5. The Morgan fingerprint density at radius 3 is 1.79 bits per heavy atom. The van der Waals surface area contributed by atoms with E-state index in [0.29, 0.717) is 28.2 Å². The summed E-state index contributed by atoms with van der Waals surface area (Å²) in [6, 6.07) is 36.0. The maximum atomic E-state index is 16.3. The molecule has 3 N–H and O–H groups in total. The van der Waals surface area contributed by atoms with Gasteiger partial charge in [0.2, 0.25) is 6.10 Å². The smallest absolute Gasteiger partial charge is 0.350 e. The van der Waals surface area contributed by atoms with Gasteiger partial charge >= 0.3 is 29.8 Å². The Labute approximate surface area is 468 Å². The lowest BCUT2D eigenvalue weighted by Crippen LogP contribution is -2.82. The van der Waals surface area contributed by atoms with E-state index in [9.17, 15) is 34.2 Å². The Morgan fingerprint density at radius 1 is 0.716 bits per heavy atom. The van der Waals surface area contributed by atoms with Crippen LogP contribution in [-0.4, -0.2) is 120 Å². The van der Waals surface area contributed by atoms with Crippen molar-refractivity contribution in [1.29, 1.82) is 0 Å². The molecule has 2 saturated carbocycles. The number of aliphatic hydroxyl groups excluding tert-OH is 1. The topological polar surface area (TPSA) is 246 Å². The van der Waals surface area contributed by atoms with E-state index in [1.54, 1.807) is 141 Å². The van der Waals surface area contributed by atoms with Crippen molar-refractivity contribution in [3.63, 3.8) is 0 Å². The summed E-state index contributed by atoms with van der Waals surface area (Å²) in [5, 5.41) is 29.6. The number of aliphatic hydroxyl groups is 2. The van der Waals surface area contributed by atoms with Crippen molar-refractivity contribution in [2.45, 2.75) is 114 Å². The third-order valence-electron chi connectivity index (χ3n) is 16.7. The Hall–Kier alpha value is -8.19. The van der Waals surface area contributed by atoms with Gasteiger partial charge in [-0.05, 0) is 90.2 Å². The highest BCUT2D eigenvalue weighted by atomic mass is 16.6. The fraction of sp³-hybridized carbons (Fsp3) is 0.381. The Balaban J connectivity index is 1.22. The molecule has 5 aromatic carbocycles. The van der Waals surface area contributed by atoms with Crippen molar-refractivity contribution in [1.82, 2.24) is 5.32 Å². The molecule has 81 heavy (non-hydrogen) atoms. The number of hydrogen-bond donors (Lipinski definition) is 3. The van der Waals surface area contributed by atoms with Crippen LogP contribution in [0.3, 0.4) is 0 Å². The molecular weight excluding hydrogens is 1040 g/mol. The van der Waals surface area contributed by atoms with Crippen molar-refractivity contribution in [3.8, 4) is 11.5 Å². The molecule has 1 saturated heterocycles. The van der Waals surface area contributed by atoms with E-state index in [4.69, 9.17) is 37.9 Å². The number of carbonyl (C=O) groups is 7. The molecule has 18 nitrogen and oxygen atoms in total. The van der Waals surface area contributed by atoms with Gasteiger partial charge < -0.3 is 53.4 Å². The van der Waals surface area contributed by atoms with E-state index in [0.717, 1.165) is 6.92 Å². The molecule has 11 atom stereocenters. The zero-order valence-corrected chi connectivity index (χ0v) is 46.0. The Kier molecular flexibility index (Phi) is 16.4. The second-order valence-electron chi connectivity index (χ2n) is 21.7. The van der Waals surface area contributed by atoms with Crippen molar-refractivity contribution in [2.75, 3.05) is 20.8 Å². The standard InChI is InChI=1S/C63H65NO17/c1-36-45(77-59(72)53(79-49(68)32-39-25-29-44(75-7)30-26-39)51(40-17-11-8-12-18-40)64-57(70)41-19-13-9-14-20-41)34-63(73)56(80-58(71)42-21-15-10-16-22-42)54-61(5,46(66)33-47-62(54,35-76-47)81-37(2)65)55(69)52(50(36)60(63,3)4)78-48(67)31-38-23-27-43(74-6)28-24-38/h8-30,45-47,51-54,56,66,73H,31-35H2,1-7H3,(H,64,70)/t45-,46-,47+,51-,52+,53+,54-,56-,61+,62-,63+/m0/s1. The Bertz CT molecular complexity index is 3200. The van der Waals surface area contributed by atoms with Gasteiger partial charge in [-0.25, -0.2) is 9.59 Å². The van der Waals surface area contributed by atoms with Gasteiger partial charge in [-0.1, -0.05) is 105 Å². The third-order valence-corrected chi connectivity index (χ3v) is 16.7. The monoisotopic (exact) mass is 1110 g/mol. The van der Waals surface area contributed by atoms with E-state index >= 15 is 9.59 Å². The molecule has 18 heteroatoms. The predicted molar refractivity (Wildman–Crippen MR) is 289 cm³/mol. The molecule has 0 aromatic heterocycles. The average Bonchev–Trinajstić information content (AvgIpc) is 3.53. The molecule has 2 bridgehead atoms.